The molecule has 15 heavy (non-hydrogen) atoms. The summed E-state index contributed by atoms with van der Waals surface area (Å²) in [5.41, 5.74) is 0.934. The van der Waals surface area contributed by atoms with E-state index in [-0.39, 0.29) is 19.0 Å². The first-order valence-corrected chi connectivity index (χ1v) is 4.92. The molecule has 0 saturated carbocycles. The van der Waals surface area contributed by atoms with Gasteiger partial charge >= 0.3 is 6.18 Å². The first-order valence-electron chi connectivity index (χ1n) is 4.92. The zero-order chi connectivity index (χ0) is 10.9. The Kier molecular flexibility index (Phi) is 2.69. The smallest absolute Gasteiger partial charge is 0.309 e. The van der Waals surface area contributed by atoms with Crippen LogP contribution in [0.1, 0.15) is 18.0 Å². The fourth-order valence-corrected chi connectivity index (χ4v) is 1.92. The monoisotopic (exact) mass is 215 g/mol. The predicted octanol–water partition coefficient (Wildman–Crippen LogP) is 2.90. The highest BCUT2D eigenvalue weighted by Gasteiger charge is 2.44. The normalized spacial score (nSPS) is 26.9. The zero-order valence-corrected chi connectivity index (χ0v) is 8.09. The molecule has 0 aromatic heterocycles. The Balaban J connectivity index is 2.05. The van der Waals surface area contributed by atoms with E-state index >= 15 is 0 Å². The van der Waals surface area contributed by atoms with Gasteiger partial charge in [-0.15, -0.1) is 0 Å². The van der Waals surface area contributed by atoms with Gasteiger partial charge in [0.1, 0.15) is 0 Å². The number of nitrogens with one attached hydrogen (secondary N) is 1. The Bertz CT molecular complexity index is 320. The van der Waals surface area contributed by atoms with Crippen molar-refractivity contribution in [2.75, 3.05) is 6.54 Å². The van der Waals surface area contributed by atoms with Gasteiger partial charge in [0.25, 0.3) is 0 Å². The van der Waals surface area contributed by atoms with E-state index in [1.165, 1.54) is 0 Å². The molecule has 2 rings (SSSR count). The van der Waals surface area contributed by atoms with E-state index in [4.69, 9.17) is 0 Å². The molecule has 0 bridgehead atoms. The van der Waals surface area contributed by atoms with Gasteiger partial charge in [-0.2, -0.15) is 13.2 Å². The Morgan fingerprint density at radius 1 is 1.13 bits per heavy atom. The van der Waals surface area contributed by atoms with Crippen LogP contribution in [0.25, 0.3) is 0 Å². The standard InChI is InChI=1S/C11H12F3N/c12-11(13,14)9-6-10(15-7-9)8-4-2-1-3-5-8/h1-5,9-10,15H,6-7H2. The topological polar surface area (TPSA) is 12.0 Å². The Hall–Kier alpha value is -1.03. The van der Waals surface area contributed by atoms with Gasteiger partial charge in [0, 0.05) is 12.6 Å². The predicted molar refractivity (Wildman–Crippen MR) is 51.3 cm³/mol. The molecular weight excluding hydrogens is 203 g/mol. The molecule has 1 aromatic rings. The fourth-order valence-electron chi connectivity index (χ4n) is 1.92. The maximum absolute atomic E-state index is 12.4. The lowest BCUT2D eigenvalue weighted by Gasteiger charge is -2.13. The number of rotatable bonds is 1. The summed E-state index contributed by atoms with van der Waals surface area (Å²) in [4.78, 5) is 0. The average Bonchev–Trinajstić information content (AvgIpc) is 2.67. The van der Waals surface area contributed by atoms with E-state index in [0.29, 0.717) is 0 Å². The minimum absolute atomic E-state index is 0.0308. The molecular formula is C11H12F3N. The zero-order valence-electron chi connectivity index (χ0n) is 8.09. The molecule has 0 amide bonds. The largest absolute Gasteiger partial charge is 0.393 e. The second-order valence-electron chi connectivity index (χ2n) is 3.85. The van der Waals surface area contributed by atoms with Crippen LogP contribution in [0.15, 0.2) is 30.3 Å². The summed E-state index contributed by atoms with van der Waals surface area (Å²) in [5.74, 6) is -1.21. The first kappa shape index (κ1) is 10.5. The van der Waals surface area contributed by atoms with Crippen molar-refractivity contribution < 1.29 is 13.2 Å². The van der Waals surface area contributed by atoms with Crippen LogP contribution in [0, 0.1) is 5.92 Å². The molecule has 4 heteroatoms. The third kappa shape index (κ3) is 2.31. The van der Waals surface area contributed by atoms with Crippen molar-refractivity contribution in [2.24, 2.45) is 5.92 Å². The third-order valence-electron chi connectivity index (χ3n) is 2.80. The summed E-state index contributed by atoms with van der Waals surface area (Å²) in [5, 5.41) is 2.91. The molecule has 1 aliphatic rings. The molecule has 2 unspecified atom stereocenters. The molecule has 0 spiro atoms. The average molecular weight is 215 g/mol. The minimum Gasteiger partial charge on any atom is -0.309 e. The Morgan fingerprint density at radius 2 is 1.80 bits per heavy atom. The summed E-state index contributed by atoms with van der Waals surface area (Å²) in [6, 6.07) is 9.11. The van der Waals surface area contributed by atoms with Crippen LogP contribution in [-0.2, 0) is 0 Å². The van der Waals surface area contributed by atoms with E-state index in [2.05, 4.69) is 5.32 Å². The summed E-state index contributed by atoms with van der Waals surface area (Å²) in [6.07, 6.45) is -3.93. The quantitative estimate of drug-likeness (QED) is 0.759. The highest BCUT2D eigenvalue weighted by Crippen LogP contribution is 2.37. The second kappa shape index (κ2) is 3.85. The van der Waals surface area contributed by atoms with Crippen molar-refractivity contribution in [1.29, 1.82) is 0 Å². The van der Waals surface area contributed by atoms with Gasteiger partial charge in [-0.3, -0.25) is 0 Å². The van der Waals surface area contributed by atoms with Crippen LogP contribution in [0.4, 0.5) is 13.2 Å². The highest BCUT2D eigenvalue weighted by atomic mass is 19.4. The van der Waals surface area contributed by atoms with Crippen LogP contribution < -0.4 is 5.32 Å². The number of hydrogen-bond donors (Lipinski definition) is 1. The van der Waals surface area contributed by atoms with Gasteiger partial charge in [-0.1, -0.05) is 30.3 Å². The van der Waals surface area contributed by atoms with Crippen LogP contribution in [0.2, 0.25) is 0 Å². The fraction of sp³-hybridized carbons (Fsp3) is 0.455. The SMILES string of the molecule is FC(F)(F)C1CNC(c2ccccc2)C1. The van der Waals surface area contributed by atoms with E-state index in [1.54, 1.807) is 0 Å². The van der Waals surface area contributed by atoms with Gasteiger partial charge in [-0.25, -0.2) is 0 Å². The third-order valence-corrected chi connectivity index (χ3v) is 2.80. The number of halogens is 3. The molecule has 1 heterocycles. The van der Waals surface area contributed by atoms with E-state index < -0.39 is 12.1 Å². The summed E-state index contributed by atoms with van der Waals surface area (Å²) >= 11 is 0. The molecule has 1 nitrogen and oxygen atoms in total. The van der Waals surface area contributed by atoms with Gasteiger partial charge in [0.2, 0.25) is 0 Å². The second-order valence-corrected chi connectivity index (χ2v) is 3.85. The molecule has 0 aliphatic carbocycles. The van der Waals surface area contributed by atoms with Crippen molar-refractivity contribution in [3.63, 3.8) is 0 Å². The van der Waals surface area contributed by atoms with E-state index in [1.807, 2.05) is 30.3 Å². The molecule has 0 radical (unpaired) electrons. The molecule has 1 aromatic carbocycles. The van der Waals surface area contributed by atoms with Crippen molar-refractivity contribution >= 4 is 0 Å². The van der Waals surface area contributed by atoms with Crippen LogP contribution in [0.3, 0.4) is 0 Å². The summed E-state index contributed by atoms with van der Waals surface area (Å²) in [7, 11) is 0. The highest BCUT2D eigenvalue weighted by molar-refractivity contribution is 5.20. The maximum Gasteiger partial charge on any atom is 0.393 e. The number of benzene rings is 1. The molecule has 1 aliphatic heterocycles. The minimum atomic E-state index is -4.07. The number of alkyl halides is 3. The van der Waals surface area contributed by atoms with Crippen molar-refractivity contribution in [3.8, 4) is 0 Å². The molecule has 1 saturated heterocycles. The summed E-state index contributed by atoms with van der Waals surface area (Å²) in [6.45, 7) is 0.0308. The van der Waals surface area contributed by atoms with Gasteiger partial charge in [0.15, 0.2) is 0 Å². The number of hydrogen-bond acceptors (Lipinski definition) is 1. The van der Waals surface area contributed by atoms with Gasteiger partial charge in [-0.05, 0) is 12.0 Å². The first-order chi connectivity index (χ1) is 7.07. The van der Waals surface area contributed by atoms with Gasteiger partial charge in [0.05, 0.1) is 5.92 Å². The van der Waals surface area contributed by atoms with E-state index in [9.17, 15) is 13.2 Å². The van der Waals surface area contributed by atoms with E-state index in [0.717, 1.165) is 5.56 Å². The van der Waals surface area contributed by atoms with Crippen LogP contribution in [0.5, 0.6) is 0 Å². The molecule has 2 atom stereocenters. The lowest BCUT2D eigenvalue weighted by Crippen LogP contribution is -2.24. The van der Waals surface area contributed by atoms with Crippen molar-refractivity contribution in [3.05, 3.63) is 35.9 Å². The van der Waals surface area contributed by atoms with Crippen molar-refractivity contribution in [1.82, 2.24) is 5.32 Å². The maximum atomic E-state index is 12.4. The molecule has 1 fully saturated rings. The van der Waals surface area contributed by atoms with Crippen LogP contribution in [-0.4, -0.2) is 12.7 Å². The lowest BCUT2D eigenvalue weighted by atomic mass is 10.00. The molecule has 1 N–H and O–H groups in total. The Labute approximate surface area is 86.3 Å². The molecule has 82 valence electrons. The van der Waals surface area contributed by atoms with Crippen molar-refractivity contribution in [2.45, 2.75) is 18.6 Å². The Morgan fingerprint density at radius 3 is 2.33 bits per heavy atom. The summed E-state index contributed by atoms with van der Waals surface area (Å²) < 4.78 is 37.2. The lowest BCUT2D eigenvalue weighted by molar-refractivity contribution is -0.169. The van der Waals surface area contributed by atoms with Crippen LogP contribution >= 0.6 is 0 Å². The van der Waals surface area contributed by atoms with Gasteiger partial charge < -0.3 is 5.32 Å².